The number of nitrogens with zero attached hydrogens (tertiary/aromatic N) is 4. The van der Waals surface area contributed by atoms with Crippen molar-refractivity contribution >= 4 is 39.1 Å². The molecule has 0 N–H and O–H groups in total. The van der Waals surface area contributed by atoms with Crippen LogP contribution in [0.15, 0.2) is 35.7 Å². The standard InChI is InChI=1S/C27H34N4O2S/c1-4-31-23-10-16-34-25(23)17-24(31)27(33)30-11-6-8-21(18-30)26(32)29-14-12-28(13-15-29)22-9-5-7-19(2)20(22)3/h5,7,9-10,16-17,21H,4,6,8,11-15,18H2,1-3H3/t21-/m0/s1. The average molecular weight is 479 g/mol. The number of hydrogen-bond acceptors (Lipinski definition) is 4. The number of likely N-dealkylation sites (tertiary alicyclic amines) is 1. The highest BCUT2D eigenvalue weighted by Gasteiger charge is 2.34. The number of piperazine rings is 1. The molecule has 2 aliphatic rings. The molecular weight excluding hydrogens is 444 g/mol. The summed E-state index contributed by atoms with van der Waals surface area (Å²) in [6, 6.07) is 10.5. The Bertz CT molecular complexity index is 1200. The van der Waals surface area contributed by atoms with Crippen LogP contribution in [0.3, 0.4) is 0 Å². The number of fused-ring (bicyclic) bond motifs is 1. The van der Waals surface area contributed by atoms with Gasteiger partial charge in [0.1, 0.15) is 5.69 Å². The number of piperidine rings is 1. The molecule has 2 saturated heterocycles. The van der Waals surface area contributed by atoms with Crippen LogP contribution in [0.4, 0.5) is 5.69 Å². The predicted molar refractivity (Wildman–Crippen MR) is 139 cm³/mol. The lowest BCUT2D eigenvalue weighted by molar-refractivity contribution is -0.137. The number of carbonyl (C=O) groups is 2. The van der Waals surface area contributed by atoms with Gasteiger partial charge in [-0.2, -0.15) is 0 Å². The Morgan fingerprint density at radius 2 is 1.82 bits per heavy atom. The van der Waals surface area contributed by atoms with Crippen molar-refractivity contribution in [2.24, 2.45) is 5.92 Å². The molecule has 1 atom stereocenters. The van der Waals surface area contributed by atoms with Gasteiger partial charge in [-0.05, 0) is 68.3 Å². The fraction of sp³-hybridized carbons (Fsp3) is 0.481. The fourth-order valence-electron chi connectivity index (χ4n) is 5.52. The molecule has 2 aliphatic heterocycles. The van der Waals surface area contributed by atoms with Crippen molar-refractivity contribution < 1.29 is 9.59 Å². The maximum atomic E-state index is 13.4. The van der Waals surface area contributed by atoms with Gasteiger partial charge in [0, 0.05) is 51.5 Å². The van der Waals surface area contributed by atoms with Crippen molar-refractivity contribution in [3.8, 4) is 0 Å². The summed E-state index contributed by atoms with van der Waals surface area (Å²) in [7, 11) is 0. The van der Waals surface area contributed by atoms with E-state index in [-0.39, 0.29) is 17.7 Å². The Balaban J connectivity index is 1.23. The third-order valence-electron chi connectivity index (χ3n) is 7.62. The lowest BCUT2D eigenvalue weighted by Crippen LogP contribution is -2.53. The van der Waals surface area contributed by atoms with Gasteiger partial charge in [0.25, 0.3) is 5.91 Å². The number of aryl methyl sites for hydroxylation is 2. The molecule has 0 spiro atoms. The third-order valence-corrected chi connectivity index (χ3v) is 8.48. The van der Waals surface area contributed by atoms with Crippen LogP contribution in [-0.2, 0) is 11.3 Å². The van der Waals surface area contributed by atoms with Crippen LogP contribution in [0.2, 0.25) is 0 Å². The van der Waals surface area contributed by atoms with E-state index in [9.17, 15) is 9.59 Å². The van der Waals surface area contributed by atoms with Crippen LogP contribution in [-0.4, -0.2) is 65.4 Å². The van der Waals surface area contributed by atoms with E-state index in [0.717, 1.165) is 68.0 Å². The summed E-state index contributed by atoms with van der Waals surface area (Å²) in [6.07, 6.45) is 1.75. The number of thiophene rings is 1. The van der Waals surface area contributed by atoms with E-state index >= 15 is 0 Å². The van der Waals surface area contributed by atoms with E-state index in [0.29, 0.717) is 6.54 Å². The number of carbonyl (C=O) groups excluding carboxylic acids is 2. The zero-order chi connectivity index (χ0) is 23.8. The Kier molecular flexibility index (Phi) is 6.38. The summed E-state index contributed by atoms with van der Waals surface area (Å²) in [4.78, 5) is 33.2. The SMILES string of the molecule is CCn1c(C(=O)N2CCC[C@H](C(=O)N3CCN(c4cccc(C)c4C)CC3)C2)cc2sccc21. The van der Waals surface area contributed by atoms with Gasteiger partial charge in [-0.25, -0.2) is 0 Å². The maximum Gasteiger partial charge on any atom is 0.270 e. The summed E-state index contributed by atoms with van der Waals surface area (Å²) in [5, 5.41) is 2.07. The van der Waals surface area contributed by atoms with E-state index in [1.807, 2.05) is 15.9 Å². The smallest absolute Gasteiger partial charge is 0.270 e. The predicted octanol–water partition coefficient (Wildman–Crippen LogP) is 4.54. The van der Waals surface area contributed by atoms with Crippen LogP contribution in [0, 0.1) is 19.8 Å². The van der Waals surface area contributed by atoms with E-state index in [1.54, 1.807) is 11.3 Å². The molecule has 2 aromatic heterocycles. The van der Waals surface area contributed by atoms with Gasteiger partial charge in [0.15, 0.2) is 0 Å². The lowest BCUT2D eigenvalue weighted by atomic mass is 9.95. The van der Waals surface area contributed by atoms with E-state index < -0.39 is 0 Å². The fourth-order valence-corrected chi connectivity index (χ4v) is 6.35. The Hall–Kier alpha value is -2.80. The molecule has 0 unspecified atom stereocenters. The summed E-state index contributed by atoms with van der Waals surface area (Å²) < 4.78 is 3.25. The summed E-state index contributed by atoms with van der Waals surface area (Å²) >= 11 is 1.67. The van der Waals surface area contributed by atoms with Gasteiger partial charge < -0.3 is 19.3 Å². The lowest BCUT2D eigenvalue weighted by Gasteiger charge is -2.40. The molecule has 0 radical (unpaired) electrons. The quantitative estimate of drug-likeness (QED) is 0.553. The van der Waals surface area contributed by atoms with Gasteiger partial charge in [0.05, 0.1) is 16.1 Å². The first-order valence-corrected chi connectivity index (χ1v) is 13.3. The van der Waals surface area contributed by atoms with Crippen LogP contribution >= 0.6 is 11.3 Å². The number of rotatable bonds is 4. The normalized spacial score (nSPS) is 19.1. The van der Waals surface area contributed by atoms with Gasteiger partial charge in [-0.15, -0.1) is 11.3 Å². The molecule has 0 aliphatic carbocycles. The molecule has 180 valence electrons. The summed E-state index contributed by atoms with van der Waals surface area (Å²) in [5.74, 6) is 0.170. The Morgan fingerprint density at radius 1 is 1.03 bits per heavy atom. The highest BCUT2D eigenvalue weighted by atomic mass is 32.1. The zero-order valence-corrected chi connectivity index (χ0v) is 21.2. The van der Waals surface area contributed by atoms with Crippen molar-refractivity contribution in [2.75, 3.05) is 44.2 Å². The molecule has 6 nitrogen and oxygen atoms in total. The molecule has 4 heterocycles. The Labute approximate surface area is 205 Å². The Morgan fingerprint density at radius 3 is 2.59 bits per heavy atom. The minimum atomic E-state index is -0.101. The summed E-state index contributed by atoms with van der Waals surface area (Å²) in [6.45, 7) is 11.6. The van der Waals surface area contributed by atoms with Gasteiger partial charge in [-0.3, -0.25) is 9.59 Å². The first-order chi connectivity index (χ1) is 16.5. The first kappa shape index (κ1) is 23.0. The third kappa shape index (κ3) is 4.11. The second-order valence-corrected chi connectivity index (χ2v) is 10.5. The largest absolute Gasteiger partial charge is 0.368 e. The van der Waals surface area contributed by atoms with Crippen molar-refractivity contribution in [1.82, 2.24) is 14.4 Å². The highest BCUT2D eigenvalue weighted by Crippen LogP contribution is 2.29. The van der Waals surface area contributed by atoms with E-state index in [4.69, 9.17) is 0 Å². The maximum absolute atomic E-state index is 13.4. The van der Waals surface area contributed by atoms with Gasteiger partial charge in [0.2, 0.25) is 5.91 Å². The average Bonchev–Trinajstić information content (AvgIpc) is 3.46. The molecule has 0 saturated carbocycles. The van der Waals surface area contributed by atoms with Gasteiger partial charge >= 0.3 is 0 Å². The molecule has 3 aromatic rings. The number of amides is 2. The minimum absolute atomic E-state index is 0.0579. The molecule has 34 heavy (non-hydrogen) atoms. The van der Waals surface area contributed by atoms with Crippen LogP contribution in [0.25, 0.3) is 10.2 Å². The van der Waals surface area contributed by atoms with Crippen molar-refractivity contribution in [1.29, 1.82) is 0 Å². The number of anilines is 1. The van der Waals surface area contributed by atoms with Crippen LogP contribution in [0.1, 0.15) is 41.4 Å². The van der Waals surface area contributed by atoms with Gasteiger partial charge in [-0.1, -0.05) is 12.1 Å². The molecule has 2 fully saturated rings. The second kappa shape index (κ2) is 9.45. The molecular formula is C27H34N4O2S. The van der Waals surface area contributed by atoms with E-state index in [2.05, 4.69) is 59.9 Å². The monoisotopic (exact) mass is 478 g/mol. The number of hydrogen-bond donors (Lipinski definition) is 0. The second-order valence-electron chi connectivity index (χ2n) is 9.57. The minimum Gasteiger partial charge on any atom is -0.368 e. The topological polar surface area (TPSA) is 48.8 Å². The van der Waals surface area contributed by atoms with Crippen LogP contribution in [0.5, 0.6) is 0 Å². The number of aromatic nitrogens is 1. The number of benzene rings is 1. The molecule has 5 rings (SSSR count). The van der Waals surface area contributed by atoms with Crippen molar-refractivity contribution in [3.05, 3.63) is 52.5 Å². The highest BCUT2D eigenvalue weighted by molar-refractivity contribution is 7.17. The van der Waals surface area contributed by atoms with Crippen LogP contribution < -0.4 is 4.90 Å². The van der Waals surface area contributed by atoms with Crippen molar-refractivity contribution in [3.63, 3.8) is 0 Å². The molecule has 1 aromatic carbocycles. The van der Waals surface area contributed by atoms with E-state index in [1.165, 1.54) is 16.8 Å². The molecule has 2 amide bonds. The molecule has 7 heteroatoms. The summed E-state index contributed by atoms with van der Waals surface area (Å²) in [5.41, 5.74) is 5.78. The first-order valence-electron chi connectivity index (χ1n) is 12.4. The van der Waals surface area contributed by atoms with Crippen molar-refractivity contribution in [2.45, 2.75) is 40.2 Å². The zero-order valence-electron chi connectivity index (χ0n) is 20.4. The molecule has 0 bridgehead atoms.